The molecule has 2 aromatic rings. The number of hydrogen-bond donors (Lipinski definition) is 1. The summed E-state index contributed by atoms with van der Waals surface area (Å²) in [5.74, 6) is -0.676. The van der Waals surface area contributed by atoms with Crippen LogP contribution in [-0.2, 0) is 11.0 Å². The highest BCUT2D eigenvalue weighted by Crippen LogP contribution is 2.34. The largest absolute Gasteiger partial charge is 0.418 e. The van der Waals surface area contributed by atoms with Gasteiger partial charge in [0.05, 0.1) is 11.3 Å². The second-order valence-corrected chi connectivity index (χ2v) is 5.78. The van der Waals surface area contributed by atoms with Gasteiger partial charge in [0.25, 0.3) is 0 Å². The maximum absolute atomic E-state index is 13.0. The minimum absolute atomic E-state index is 0.311. The first-order chi connectivity index (χ1) is 12.4. The van der Waals surface area contributed by atoms with E-state index in [9.17, 15) is 22.8 Å². The van der Waals surface area contributed by atoms with E-state index in [1.165, 1.54) is 28.0 Å². The van der Waals surface area contributed by atoms with E-state index in [0.717, 1.165) is 6.07 Å². The molecule has 0 aliphatic carbocycles. The van der Waals surface area contributed by atoms with Crippen LogP contribution in [0.4, 0.5) is 29.3 Å². The number of carbonyl (C=O) groups excluding carboxylic acids is 2. The van der Waals surface area contributed by atoms with E-state index >= 15 is 0 Å². The third kappa shape index (κ3) is 3.79. The molecule has 0 aromatic heterocycles. The summed E-state index contributed by atoms with van der Waals surface area (Å²) in [4.78, 5) is 27.4. The molecule has 1 N–H and O–H groups in total. The van der Waals surface area contributed by atoms with Gasteiger partial charge >= 0.3 is 12.2 Å². The van der Waals surface area contributed by atoms with Crippen molar-refractivity contribution in [3.63, 3.8) is 0 Å². The van der Waals surface area contributed by atoms with Crippen LogP contribution < -0.4 is 10.2 Å². The summed E-state index contributed by atoms with van der Waals surface area (Å²) in [5, 5.41) is 2.25. The second-order valence-electron chi connectivity index (χ2n) is 5.78. The van der Waals surface area contributed by atoms with Crippen molar-refractivity contribution in [3.05, 3.63) is 60.2 Å². The van der Waals surface area contributed by atoms with Crippen LogP contribution in [0.15, 0.2) is 54.6 Å². The number of rotatable bonds is 4. The molecule has 3 amide bonds. The molecular weight excluding hydrogens is 347 g/mol. The van der Waals surface area contributed by atoms with Gasteiger partial charge in [-0.1, -0.05) is 30.3 Å². The van der Waals surface area contributed by atoms with E-state index < -0.39 is 17.6 Å². The fourth-order valence-electron chi connectivity index (χ4n) is 2.78. The predicted molar refractivity (Wildman–Crippen MR) is 90.8 cm³/mol. The standard InChI is InChI=1S/C18H16F3N3O2/c19-18(20,21)14-8-4-5-9-15(14)22-16(25)12-23-10-11-24(17(23)26)13-6-2-1-3-7-13/h1-9H,10-12H2,(H,22,25). The number of nitrogens with zero attached hydrogens (tertiary/aromatic N) is 2. The maximum Gasteiger partial charge on any atom is 0.418 e. The number of amides is 3. The van der Waals surface area contributed by atoms with Gasteiger partial charge in [-0.25, -0.2) is 4.79 Å². The molecule has 1 heterocycles. The van der Waals surface area contributed by atoms with Crippen LogP contribution in [0.25, 0.3) is 0 Å². The molecule has 0 radical (unpaired) electrons. The Bertz CT molecular complexity index is 809. The van der Waals surface area contributed by atoms with Crippen LogP contribution in [0.3, 0.4) is 0 Å². The average Bonchev–Trinajstić information content (AvgIpc) is 2.96. The highest BCUT2D eigenvalue weighted by Gasteiger charge is 2.34. The first kappa shape index (κ1) is 17.8. The Balaban J connectivity index is 1.66. The summed E-state index contributed by atoms with van der Waals surface area (Å²) in [6.45, 7) is 0.422. The Kier molecular flexibility index (Phi) is 4.83. The molecule has 5 nitrogen and oxygen atoms in total. The van der Waals surface area contributed by atoms with Crippen molar-refractivity contribution >= 4 is 23.3 Å². The van der Waals surface area contributed by atoms with Crippen molar-refractivity contribution in [2.45, 2.75) is 6.18 Å². The monoisotopic (exact) mass is 363 g/mol. The smallest absolute Gasteiger partial charge is 0.324 e. The van der Waals surface area contributed by atoms with Crippen LogP contribution in [0, 0.1) is 0 Å². The summed E-state index contributed by atoms with van der Waals surface area (Å²) in [6.07, 6.45) is -4.57. The molecule has 1 aliphatic rings. The quantitative estimate of drug-likeness (QED) is 0.903. The average molecular weight is 363 g/mol. The van der Waals surface area contributed by atoms with Gasteiger partial charge in [-0.2, -0.15) is 13.2 Å². The van der Waals surface area contributed by atoms with Crippen LogP contribution in [0.1, 0.15) is 5.56 Å². The molecule has 1 fully saturated rings. The lowest BCUT2D eigenvalue weighted by Crippen LogP contribution is -2.37. The first-order valence-electron chi connectivity index (χ1n) is 7.94. The summed E-state index contributed by atoms with van der Waals surface area (Å²) in [5.41, 5.74) is -0.536. The Morgan fingerprint density at radius 2 is 1.65 bits per heavy atom. The van der Waals surface area contributed by atoms with E-state index in [1.54, 1.807) is 24.3 Å². The minimum atomic E-state index is -4.57. The van der Waals surface area contributed by atoms with Crippen molar-refractivity contribution in [2.75, 3.05) is 29.9 Å². The number of hydrogen-bond acceptors (Lipinski definition) is 2. The lowest BCUT2D eigenvalue weighted by atomic mass is 10.1. The van der Waals surface area contributed by atoms with E-state index in [4.69, 9.17) is 0 Å². The molecule has 136 valence electrons. The summed E-state index contributed by atoms with van der Waals surface area (Å²) in [6, 6.07) is 13.4. The summed E-state index contributed by atoms with van der Waals surface area (Å²) < 4.78 is 38.9. The van der Waals surface area contributed by atoms with Gasteiger partial charge in [0.1, 0.15) is 6.54 Å². The number of urea groups is 1. The van der Waals surface area contributed by atoms with Crippen molar-refractivity contribution in [1.29, 1.82) is 0 Å². The van der Waals surface area contributed by atoms with Crippen LogP contribution >= 0.6 is 0 Å². The zero-order valence-corrected chi connectivity index (χ0v) is 13.7. The minimum Gasteiger partial charge on any atom is -0.324 e. The topological polar surface area (TPSA) is 52.7 Å². The number of para-hydroxylation sites is 2. The molecule has 0 spiro atoms. The predicted octanol–water partition coefficient (Wildman–Crippen LogP) is 3.59. The highest BCUT2D eigenvalue weighted by molar-refractivity contribution is 5.99. The normalized spacial score (nSPS) is 14.7. The Morgan fingerprint density at radius 1 is 1.00 bits per heavy atom. The third-order valence-electron chi connectivity index (χ3n) is 4.00. The summed E-state index contributed by atoms with van der Waals surface area (Å²) >= 11 is 0. The lowest BCUT2D eigenvalue weighted by molar-refractivity contribution is -0.137. The molecule has 0 saturated carbocycles. The van der Waals surface area contributed by atoms with Gasteiger partial charge in [0.15, 0.2) is 0 Å². The van der Waals surface area contributed by atoms with Gasteiger partial charge in [-0.15, -0.1) is 0 Å². The van der Waals surface area contributed by atoms with Gasteiger partial charge in [0, 0.05) is 18.8 Å². The number of anilines is 2. The molecule has 1 aliphatic heterocycles. The van der Waals surface area contributed by atoms with Crippen molar-refractivity contribution in [2.24, 2.45) is 0 Å². The molecule has 0 unspecified atom stereocenters. The third-order valence-corrected chi connectivity index (χ3v) is 4.00. The number of carbonyl (C=O) groups is 2. The van der Waals surface area contributed by atoms with Crippen LogP contribution in [0.5, 0.6) is 0 Å². The molecule has 3 rings (SSSR count). The van der Waals surface area contributed by atoms with Crippen LogP contribution in [0.2, 0.25) is 0 Å². The Hall–Kier alpha value is -3.03. The van der Waals surface area contributed by atoms with E-state index in [0.29, 0.717) is 18.8 Å². The number of alkyl halides is 3. The first-order valence-corrected chi connectivity index (χ1v) is 7.94. The van der Waals surface area contributed by atoms with Gasteiger partial charge < -0.3 is 10.2 Å². The Labute approximate surface area is 148 Å². The highest BCUT2D eigenvalue weighted by atomic mass is 19.4. The number of nitrogens with one attached hydrogen (secondary N) is 1. The Morgan fingerprint density at radius 3 is 2.35 bits per heavy atom. The fourth-order valence-corrected chi connectivity index (χ4v) is 2.78. The molecule has 0 bridgehead atoms. The van der Waals surface area contributed by atoms with E-state index in [-0.39, 0.29) is 18.3 Å². The van der Waals surface area contributed by atoms with Gasteiger partial charge in [-0.05, 0) is 24.3 Å². The SMILES string of the molecule is O=C(CN1CCN(c2ccccc2)C1=O)Nc1ccccc1C(F)(F)F. The molecule has 2 aromatic carbocycles. The zero-order chi connectivity index (χ0) is 18.7. The second kappa shape index (κ2) is 7.07. The van der Waals surface area contributed by atoms with Gasteiger partial charge in [-0.3, -0.25) is 9.69 Å². The van der Waals surface area contributed by atoms with Crippen molar-refractivity contribution in [1.82, 2.24) is 4.90 Å². The van der Waals surface area contributed by atoms with Crippen LogP contribution in [-0.4, -0.2) is 36.5 Å². The molecule has 26 heavy (non-hydrogen) atoms. The molecule has 8 heteroatoms. The maximum atomic E-state index is 13.0. The molecule has 0 atom stereocenters. The van der Waals surface area contributed by atoms with E-state index in [1.807, 2.05) is 6.07 Å². The molecular formula is C18H16F3N3O2. The zero-order valence-electron chi connectivity index (χ0n) is 13.7. The van der Waals surface area contributed by atoms with Crippen molar-refractivity contribution in [3.8, 4) is 0 Å². The molecule has 1 saturated heterocycles. The number of halogens is 3. The van der Waals surface area contributed by atoms with Crippen molar-refractivity contribution < 1.29 is 22.8 Å². The van der Waals surface area contributed by atoms with E-state index in [2.05, 4.69) is 5.32 Å². The van der Waals surface area contributed by atoms with Gasteiger partial charge in [0.2, 0.25) is 5.91 Å². The number of benzene rings is 2. The fraction of sp³-hybridized carbons (Fsp3) is 0.222. The summed E-state index contributed by atoms with van der Waals surface area (Å²) in [7, 11) is 0. The lowest BCUT2D eigenvalue weighted by Gasteiger charge is -2.19.